The summed E-state index contributed by atoms with van der Waals surface area (Å²) >= 11 is 0. The van der Waals surface area contributed by atoms with Crippen molar-refractivity contribution >= 4 is 11.6 Å². The van der Waals surface area contributed by atoms with Gasteiger partial charge in [0, 0.05) is 0 Å². The summed E-state index contributed by atoms with van der Waals surface area (Å²) < 4.78 is 1.40. The Kier molecular flexibility index (Phi) is 4.10. The van der Waals surface area contributed by atoms with Gasteiger partial charge in [0.2, 0.25) is 5.91 Å². The van der Waals surface area contributed by atoms with Crippen molar-refractivity contribution in [1.29, 1.82) is 0 Å². The molecule has 0 aliphatic carbocycles. The van der Waals surface area contributed by atoms with Crippen molar-refractivity contribution in [2.45, 2.75) is 13.8 Å². The van der Waals surface area contributed by atoms with Gasteiger partial charge in [-0.05, 0) is 32.1 Å². The van der Waals surface area contributed by atoms with Crippen molar-refractivity contribution in [3.63, 3.8) is 0 Å². The molecule has 1 N–H and O–H groups in total. The summed E-state index contributed by atoms with van der Waals surface area (Å²) in [6.45, 7) is 3.42. The number of aromatic nitrogens is 2. The van der Waals surface area contributed by atoms with Gasteiger partial charge in [0.1, 0.15) is 12.0 Å². The third-order valence-corrected chi connectivity index (χ3v) is 2.76. The molecule has 5 nitrogen and oxygen atoms in total. The number of anilines is 1. The minimum atomic E-state index is -0.347. The number of benzene rings is 1. The van der Waals surface area contributed by atoms with Gasteiger partial charge in [-0.1, -0.05) is 24.3 Å². The molecule has 0 saturated carbocycles. The van der Waals surface area contributed by atoms with Crippen molar-refractivity contribution in [3.8, 4) is 5.69 Å². The molecule has 1 aromatic heterocycles. The molecule has 0 fully saturated rings. The van der Waals surface area contributed by atoms with E-state index < -0.39 is 0 Å². The normalized spacial score (nSPS) is 10.7. The van der Waals surface area contributed by atoms with Crippen LogP contribution >= 0.6 is 0 Å². The number of hydrogen-bond acceptors (Lipinski definition) is 3. The van der Waals surface area contributed by atoms with E-state index in [1.165, 1.54) is 17.0 Å². The molecule has 0 radical (unpaired) electrons. The van der Waals surface area contributed by atoms with E-state index in [1.807, 2.05) is 18.2 Å². The molecular formula is C15H15N3O2. The van der Waals surface area contributed by atoms with E-state index in [2.05, 4.69) is 10.3 Å². The molecule has 0 aliphatic heterocycles. The summed E-state index contributed by atoms with van der Waals surface area (Å²) in [7, 11) is 0. The molecule has 102 valence electrons. The maximum atomic E-state index is 12.4. The average Bonchev–Trinajstić information content (AvgIpc) is 2.45. The van der Waals surface area contributed by atoms with Crippen LogP contribution in [0.4, 0.5) is 5.69 Å². The van der Waals surface area contributed by atoms with Crippen LogP contribution < -0.4 is 10.9 Å². The Hall–Kier alpha value is -2.69. The standard InChI is InChI=1S/C15H15N3O2/c1-3-7-13(19)17-14-11(2)16-10-18(15(14)20)12-8-5-4-6-9-12/h3-10H,1-2H3,(H,17,19)/b7-3+. The van der Waals surface area contributed by atoms with Crippen LogP contribution in [-0.2, 0) is 4.79 Å². The first-order chi connectivity index (χ1) is 9.63. The zero-order chi connectivity index (χ0) is 14.5. The van der Waals surface area contributed by atoms with Crippen LogP contribution in [0.5, 0.6) is 0 Å². The number of para-hydroxylation sites is 1. The van der Waals surface area contributed by atoms with E-state index in [0.29, 0.717) is 11.4 Å². The predicted octanol–water partition coefficient (Wildman–Crippen LogP) is 2.06. The van der Waals surface area contributed by atoms with Gasteiger partial charge in [-0.2, -0.15) is 0 Å². The highest BCUT2D eigenvalue weighted by atomic mass is 16.2. The highest BCUT2D eigenvalue weighted by molar-refractivity contribution is 5.99. The van der Waals surface area contributed by atoms with E-state index in [-0.39, 0.29) is 17.2 Å². The van der Waals surface area contributed by atoms with Gasteiger partial charge in [0.05, 0.1) is 11.4 Å². The SMILES string of the molecule is C/C=C/C(=O)Nc1c(C)ncn(-c2ccccc2)c1=O. The average molecular weight is 269 g/mol. The first-order valence-electron chi connectivity index (χ1n) is 6.21. The molecule has 0 unspecified atom stereocenters. The molecule has 1 heterocycles. The Balaban J connectivity index is 2.49. The molecule has 0 bridgehead atoms. The minimum Gasteiger partial charge on any atom is -0.316 e. The van der Waals surface area contributed by atoms with E-state index in [1.54, 1.807) is 32.1 Å². The number of aryl methyl sites for hydroxylation is 1. The molecule has 2 rings (SSSR count). The Bertz CT molecular complexity index is 703. The van der Waals surface area contributed by atoms with Crippen LogP contribution in [0.1, 0.15) is 12.6 Å². The molecule has 0 aliphatic rings. The quantitative estimate of drug-likeness (QED) is 0.867. The van der Waals surface area contributed by atoms with Crippen LogP contribution in [0.3, 0.4) is 0 Å². The van der Waals surface area contributed by atoms with E-state index in [9.17, 15) is 9.59 Å². The van der Waals surface area contributed by atoms with Crippen LogP contribution in [0, 0.1) is 6.92 Å². The molecule has 0 spiro atoms. The van der Waals surface area contributed by atoms with Gasteiger partial charge in [-0.25, -0.2) is 4.98 Å². The van der Waals surface area contributed by atoms with Crippen molar-refractivity contribution in [2.75, 3.05) is 5.32 Å². The molecule has 0 atom stereocenters. The van der Waals surface area contributed by atoms with Crippen LogP contribution in [0.15, 0.2) is 53.6 Å². The van der Waals surface area contributed by atoms with Crippen LogP contribution in [-0.4, -0.2) is 15.5 Å². The number of carbonyl (C=O) groups excluding carboxylic acids is 1. The second kappa shape index (κ2) is 5.97. The fourth-order valence-electron chi connectivity index (χ4n) is 1.77. The summed E-state index contributed by atoms with van der Waals surface area (Å²) in [5.74, 6) is -0.347. The fraction of sp³-hybridized carbons (Fsp3) is 0.133. The maximum Gasteiger partial charge on any atom is 0.281 e. The smallest absolute Gasteiger partial charge is 0.281 e. The second-order valence-electron chi connectivity index (χ2n) is 4.20. The number of allylic oxidation sites excluding steroid dienone is 1. The number of carbonyl (C=O) groups is 1. The summed E-state index contributed by atoms with van der Waals surface area (Å²) in [4.78, 5) is 28.2. The number of amides is 1. The van der Waals surface area contributed by atoms with Gasteiger partial charge in [-0.3, -0.25) is 14.2 Å². The Morgan fingerprint density at radius 2 is 2.00 bits per heavy atom. The van der Waals surface area contributed by atoms with Crippen LogP contribution in [0.25, 0.3) is 5.69 Å². The van der Waals surface area contributed by atoms with Crippen molar-refractivity contribution in [3.05, 3.63) is 64.9 Å². The summed E-state index contributed by atoms with van der Waals surface area (Å²) in [6, 6.07) is 9.14. The van der Waals surface area contributed by atoms with Gasteiger partial charge >= 0.3 is 0 Å². The maximum absolute atomic E-state index is 12.4. The van der Waals surface area contributed by atoms with Gasteiger partial charge in [-0.15, -0.1) is 0 Å². The molecule has 1 aromatic carbocycles. The van der Waals surface area contributed by atoms with Crippen molar-refractivity contribution in [2.24, 2.45) is 0 Å². The molecule has 0 saturated heterocycles. The third kappa shape index (κ3) is 2.83. The zero-order valence-electron chi connectivity index (χ0n) is 11.3. The lowest BCUT2D eigenvalue weighted by Gasteiger charge is -2.10. The zero-order valence-corrected chi connectivity index (χ0v) is 11.3. The molecule has 20 heavy (non-hydrogen) atoms. The first-order valence-corrected chi connectivity index (χ1v) is 6.21. The number of hydrogen-bond donors (Lipinski definition) is 1. The lowest BCUT2D eigenvalue weighted by atomic mass is 10.3. The fourth-order valence-corrected chi connectivity index (χ4v) is 1.77. The van der Waals surface area contributed by atoms with Crippen molar-refractivity contribution in [1.82, 2.24) is 9.55 Å². The predicted molar refractivity (Wildman–Crippen MR) is 78.0 cm³/mol. The highest BCUT2D eigenvalue weighted by Crippen LogP contribution is 2.09. The largest absolute Gasteiger partial charge is 0.316 e. The van der Waals surface area contributed by atoms with Gasteiger partial charge < -0.3 is 5.32 Å². The Labute approximate surface area is 116 Å². The lowest BCUT2D eigenvalue weighted by molar-refractivity contribution is -0.111. The highest BCUT2D eigenvalue weighted by Gasteiger charge is 2.11. The van der Waals surface area contributed by atoms with E-state index in [4.69, 9.17) is 0 Å². The lowest BCUT2D eigenvalue weighted by Crippen LogP contribution is -2.26. The Morgan fingerprint density at radius 3 is 2.65 bits per heavy atom. The van der Waals surface area contributed by atoms with Gasteiger partial charge in [0.15, 0.2) is 0 Å². The van der Waals surface area contributed by atoms with E-state index >= 15 is 0 Å². The molecule has 5 heteroatoms. The number of nitrogens with zero attached hydrogens (tertiary/aromatic N) is 2. The topological polar surface area (TPSA) is 64.0 Å². The summed E-state index contributed by atoms with van der Waals surface area (Å²) in [6.07, 6.45) is 4.42. The molecule has 2 aromatic rings. The Morgan fingerprint density at radius 1 is 1.30 bits per heavy atom. The molecule has 1 amide bonds. The third-order valence-electron chi connectivity index (χ3n) is 2.76. The van der Waals surface area contributed by atoms with Crippen molar-refractivity contribution < 1.29 is 4.79 Å². The number of rotatable bonds is 3. The second-order valence-corrected chi connectivity index (χ2v) is 4.20. The van der Waals surface area contributed by atoms with Crippen LogP contribution in [0.2, 0.25) is 0 Å². The van der Waals surface area contributed by atoms with Gasteiger partial charge in [0.25, 0.3) is 5.56 Å². The molecular weight excluding hydrogens is 254 g/mol. The minimum absolute atomic E-state index is 0.194. The monoisotopic (exact) mass is 269 g/mol. The summed E-state index contributed by atoms with van der Waals surface area (Å²) in [5.41, 5.74) is 1.08. The summed E-state index contributed by atoms with van der Waals surface area (Å²) in [5, 5.41) is 2.57. The van der Waals surface area contributed by atoms with E-state index in [0.717, 1.165) is 0 Å². The first kappa shape index (κ1) is 13.7. The number of nitrogens with one attached hydrogen (secondary N) is 1.